The second-order valence-corrected chi connectivity index (χ2v) is 6.31. The average molecular weight is 382 g/mol. The Kier molecular flexibility index (Phi) is 5.93. The van der Waals surface area contributed by atoms with Gasteiger partial charge in [-0.3, -0.25) is 13.9 Å². The Morgan fingerprint density at radius 2 is 1.57 bits per heavy atom. The van der Waals surface area contributed by atoms with Gasteiger partial charge >= 0.3 is 17.6 Å². The Morgan fingerprint density at radius 3 is 2.18 bits per heavy atom. The number of ether oxygens (including phenoxy) is 2. The number of aryl methyl sites for hydroxylation is 1. The number of hydrogen-bond donors (Lipinski definition) is 0. The van der Waals surface area contributed by atoms with Crippen LogP contribution in [-0.2, 0) is 32.2 Å². The first-order chi connectivity index (χ1) is 13.6. The van der Waals surface area contributed by atoms with E-state index in [4.69, 9.17) is 9.47 Å². The molecule has 1 unspecified atom stereocenters. The van der Waals surface area contributed by atoms with Crippen LogP contribution in [0.4, 0.5) is 0 Å². The number of carbonyl (C=O) groups excluding carboxylic acids is 2. The molecule has 0 fully saturated rings. The standard InChI is InChI=1S/C21H22N2O5/c1-3-13-22-16-11-7-8-12-17(16)23(21(22)26)14-18(24)28-19(20(25)27-2)15-9-5-4-6-10-15/h4-12,19H,3,13-14H2,1-2H3. The maximum atomic E-state index is 12.8. The molecule has 3 aromatic rings. The van der Waals surface area contributed by atoms with Crippen LogP contribution in [0, 0.1) is 0 Å². The van der Waals surface area contributed by atoms with Gasteiger partial charge in [0.25, 0.3) is 0 Å². The van der Waals surface area contributed by atoms with Crippen molar-refractivity contribution < 1.29 is 19.1 Å². The van der Waals surface area contributed by atoms with E-state index in [0.717, 1.165) is 11.9 Å². The molecule has 2 aromatic carbocycles. The summed E-state index contributed by atoms with van der Waals surface area (Å²) in [5.74, 6) is -1.37. The van der Waals surface area contributed by atoms with Gasteiger partial charge in [0.2, 0.25) is 6.10 Å². The quantitative estimate of drug-likeness (QED) is 0.587. The lowest BCUT2D eigenvalue weighted by atomic mass is 10.1. The van der Waals surface area contributed by atoms with Gasteiger partial charge in [-0.25, -0.2) is 9.59 Å². The van der Waals surface area contributed by atoms with Gasteiger partial charge in [0.05, 0.1) is 18.1 Å². The van der Waals surface area contributed by atoms with Crippen LogP contribution in [0.2, 0.25) is 0 Å². The maximum Gasteiger partial charge on any atom is 0.351 e. The molecule has 7 nitrogen and oxygen atoms in total. The number of para-hydroxylation sites is 2. The van der Waals surface area contributed by atoms with E-state index >= 15 is 0 Å². The number of hydrogen-bond acceptors (Lipinski definition) is 5. The van der Waals surface area contributed by atoms with E-state index in [1.165, 1.54) is 11.7 Å². The number of benzene rings is 2. The Labute approximate surface area is 162 Å². The van der Waals surface area contributed by atoms with Crippen LogP contribution in [0.5, 0.6) is 0 Å². The number of imidazole rings is 1. The third-order valence-electron chi connectivity index (χ3n) is 4.43. The van der Waals surface area contributed by atoms with Crippen LogP contribution in [0.3, 0.4) is 0 Å². The molecule has 3 rings (SSSR count). The highest BCUT2D eigenvalue weighted by Crippen LogP contribution is 2.20. The van der Waals surface area contributed by atoms with Crippen molar-refractivity contribution in [3.05, 3.63) is 70.6 Å². The predicted molar refractivity (Wildman–Crippen MR) is 104 cm³/mol. The van der Waals surface area contributed by atoms with Gasteiger partial charge in [0.15, 0.2) is 0 Å². The molecule has 0 aliphatic carbocycles. The molecule has 0 bridgehead atoms. The Morgan fingerprint density at radius 1 is 0.964 bits per heavy atom. The molecule has 1 heterocycles. The molecule has 0 spiro atoms. The van der Waals surface area contributed by atoms with Crippen molar-refractivity contribution >= 4 is 23.0 Å². The van der Waals surface area contributed by atoms with Crippen molar-refractivity contribution in [2.24, 2.45) is 0 Å². The molecule has 1 aromatic heterocycles. The van der Waals surface area contributed by atoms with Crippen molar-refractivity contribution in [1.29, 1.82) is 0 Å². The maximum absolute atomic E-state index is 12.8. The van der Waals surface area contributed by atoms with Gasteiger partial charge in [-0.15, -0.1) is 0 Å². The summed E-state index contributed by atoms with van der Waals surface area (Å²) in [6.45, 7) is 2.24. The molecule has 28 heavy (non-hydrogen) atoms. The SMILES string of the molecule is CCCn1c(=O)n(CC(=O)OC(C(=O)OC)c2ccccc2)c2ccccc21. The number of fused-ring (bicyclic) bond motifs is 1. The lowest BCUT2D eigenvalue weighted by molar-refractivity contribution is -0.167. The van der Waals surface area contributed by atoms with E-state index < -0.39 is 18.0 Å². The average Bonchev–Trinajstić information content (AvgIpc) is 2.98. The van der Waals surface area contributed by atoms with Gasteiger partial charge in [-0.1, -0.05) is 49.4 Å². The predicted octanol–water partition coefficient (Wildman–Crippen LogP) is 2.67. The lowest BCUT2D eigenvalue weighted by Gasteiger charge is -2.16. The van der Waals surface area contributed by atoms with Gasteiger partial charge < -0.3 is 9.47 Å². The zero-order valence-corrected chi connectivity index (χ0v) is 15.8. The van der Waals surface area contributed by atoms with Crippen molar-refractivity contribution in [2.75, 3.05) is 7.11 Å². The van der Waals surface area contributed by atoms with Gasteiger partial charge in [0.1, 0.15) is 6.54 Å². The molecule has 0 aliphatic heterocycles. The molecule has 0 saturated carbocycles. The van der Waals surface area contributed by atoms with Crippen LogP contribution in [0.15, 0.2) is 59.4 Å². The third kappa shape index (κ3) is 3.83. The van der Waals surface area contributed by atoms with E-state index in [9.17, 15) is 14.4 Å². The Balaban J connectivity index is 1.89. The number of carbonyl (C=O) groups is 2. The molecule has 146 valence electrons. The molecule has 7 heteroatoms. The van der Waals surface area contributed by atoms with Gasteiger partial charge in [-0.05, 0) is 18.6 Å². The number of esters is 2. The largest absolute Gasteiger partial charge is 0.466 e. The van der Waals surface area contributed by atoms with Gasteiger partial charge in [0, 0.05) is 12.1 Å². The summed E-state index contributed by atoms with van der Waals surface area (Å²) in [5.41, 5.74) is 1.62. The summed E-state index contributed by atoms with van der Waals surface area (Å²) < 4.78 is 13.1. The van der Waals surface area contributed by atoms with Gasteiger partial charge in [-0.2, -0.15) is 0 Å². The summed E-state index contributed by atoms with van der Waals surface area (Å²) in [6.07, 6.45) is -0.394. The van der Waals surface area contributed by atoms with E-state index in [-0.39, 0.29) is 12.2 Å². The first-order valence-corrected chi connectivity index (χ1v) is 9.07. The number of nitrogens with zero attached hydrogens (tertiary/aromatic N) is 2. The monoisotopic (exact) mass is 382 g/mol. The summed E-state index contributed by atoms with van der Waals surface area (Å²) in [5, 5.41) is 0. The minimum atomic E-state index is -1.18. The zero-order valence-electron chi connectivity index (χ0n) is 15.8. The van der Waals surface area contributed by atoms with E-state index in [2.05, 4.69) is 0 Å². The highest BCUT2D eigenvalue weighted by Gasteiger charge is 2.26. The fourth-order valence-corrected chi connectivity index (χ4v) is 3.15. The Hall–Kier alpha value is -3.35. The molecule has 0 N–H and O–H groups in total. The fraction of sp³-hybridized carbons (Fsp3) is 0.286. The second kappa shape index (κ2) is 8.56. The van der Waals surface area contributed by atoms with Crippen LogP contribution >= 0.6 is 0 Å². The number of methoxy groups -OCH3 is 1. The van der Waals surface area contributed by atoms with E-state index in [0.29, 0.717) is 17.6 Å². The van der Waals surface area contributed by atoms with E-state index in [1.54, 1.807) is 47.0 Å². The molecular weight excluding hydrogens is 360 g/mol. The number of rotatable bonds is 7. The third-order valence-corrected chi connectivity index (χ3v) is 4.43. The highest BCUT2D eigenvalue weighted by molar-refractivity contribution is 5.82. The van der Waals surface area contributed by atoms with E-state index in [1.807, 2.05) is 19.1 Å². The number of aromatic nitrogens is 2. The molecule has 0 amide bonds. The normalized spacial score (nSPS) is 11.9. The first-order valence-electron chi connectivity index (χ1n) is 9.07. The minimum absolute atomic E-state index is 0.283. The van der Waals surface area contributed by atoms with Crippen LogP contribution < -0.4 is 5.69 Å². The smallest absolute Gasteiger partial charge is 0.351 e. The molecule has 0 radical (unpaired) electrons. The first kappa shape index (κ1) is 19.4. The minimum Gasteiger partial charge on any atom is -0.466 e. The Bertz CT molecular complexity index is 1040. The summed E-state index contributed by atoms with van der Waals surface area (Å²) in [7, 11) is 1.23. The second-order valence-electron chi connectivity index (χ2n) is 6.31. The topological polar surface area (TPSA) is 79.5 Å². The molecule has 0 saturated heterocycles. The van der Waals surface area contributed by atoms with Crippen molar-refractivity contribution in [3.63, 3.8) is 0 Å². The molecular formula is C21H22N2O5. The fourth-order valence-electron chi connectivity index (χ4n) is 3.15. The van der Waals surface area contributed by atoms with Crippen molar-refractivity contribution in [2.45, 2.75) is 32.5 Å². The highest BCUT2D eigenvalue weighted by atomic mass is 16.6. The van der Waals surface area contributed by atoms with Crippen LogP contribution in [-0.4, -0.2) is 28.2 Å². The lowest BCUT2D eigenvalue weighted by Crippen LogP contribution is -2.29. The summed E-state index contributed by atoms with van der Waals surface area (Å²) >= 11 is 0. The summed E-state index contributed by atoms with van der Waals surface area (Å²) in [4.78, 5) is 37.5. The van der Waals surface area contributed by atoms with Crippen LogP contribution in [0.25, 0.3) is 11.0 Å². The molecule has 0 aliphatic rings. The van der Waals surface area contributed by atoms with Crippen LogP contribution in [0.1, 0.15) is 25.0 Å². The molecule has 1 atom stereocenters. The van der Waals surface area contributed by atoms with Crippen molar-refractivity contribution in [3.8, 4) is 0 Å². The summed E-state index contributed by atoms with van der Waals surface area (Å²) in [6, 6.07) is 15.9. The van der Waals surface area contributed by atoms with Crippen molar-refractivity contribution in [1.82, 2.24) is 9.13 Å². The zero-order chi connectivity index (χ0) is 20.1.